The molecule has 106 valence electrons. The van der Waals surface area contributed by atoms with Crippen molar-refractivity contribution in [1.29, 1.82) is 0 Å². The fourth-order valence-corrected chi connectivity index (χ4v) is 0.968. The van der Waals surface area contributed by atoms with Crippen molar-refractivity contribution < 1.29 is 19.4 Å². The lowest BCUT2D eigenvalue weighted by atomic mass is 10.3. The van der Waals surface area contributed by atoms with Crippen LogP contribution in [-0.4, -0.2) is 32.6 Å². The number of rotatable bonds is 3. The molecule has 19 heavy (non-hydrogen) atoms. The standard InChI is InChI=1S/C8H12INO2.C4H3IO2/c1-2-3-6-10-8(11)12-7-4-5-9;5-3-1-2-4(6)7/h2-3,5-6H2,1H3,(H,10,11);3H2,(H,6,7). The topological polar surface area (TPSA) is 75.6 Å². The van der Waals surface area contributed by atoms with Gasteiger partial charge in [0, 0.05) is 12.5 Å². The van der Waals surface area contributed by atoms with Crippen LogP contribution in [0, 0.1) is 23.9 Å². The van der Waals surface area contributed by atoms with Gasteiger partial charge in [-0.2, -0.15) is 0 Å². The number of ether oxygens (including phenoxy) is 1. The highest BCUT2D eigenvalue weighted by molar-refractivity contribution is 14.1. The Morgan fingerprint density at radius 2 is 1.89 bits per heavy atom. The fraction of sp³-hybridized carbons (Fsp3) is 0.500. The van der Waals surface area contributed by atoms with Gasteiger partial charge >= 0.3 is 12.1 Å². The molecule has 1 amide bonds. The van der Waals surface area contributed by atoms with Crippen LogP contribution in [0.4, 0.5) is 4.79 Å². The summed E-state index contributed by atoms with van der Waals surface area (Å²) >= 11 is 4.07. The van der Waals surface area contributed by atoms with E-state index in [9.17, 15) is 9.59 Å². The molecule has 0 radical (unpaired) electrons. The van der Waals surface area contributed by atoms with Crippen LogP contribution >= 0.6 is 45.2 Å². The molecular formula is C12H15I2NO4. The molecular weight excluding hydrogens is 476 g/mol. The minimum absolute atomic E-state index is 0.458. The number of carboxylic acids is 1. The van der Waals surface area contributed by atoms with Crippen molar-refractivity contribution >= 4 is 57.2 Å². The number of halogens is 2. The summed E-state index contributed by atoms with van der Waals surface area (Å²) in [6, 6.07) is 0. The van der Waals surface area contributed by atoms with Gasteiger partial charge in [0.15, 0.2) is 0 Å². The Morgan fingerprint density at radius 3 is 2.32 bits per heavy atom. The van der Waals surface area contributed by atoms with Gasteiger partial charge in [0.2, 0.25) is 0 Å². The van der Waals surface area contributed by atoms with E-state index in [2.05, 4.69) is 57.5 Å². The number of hydrogen-bond acceptors (Lipinski definition) is 3. The average Bonchev–Trinajstić information content (AvgIpc) is 2.38. The van der Waals surface area contributed by atoms with Crippen molar-refractivity contribution in [1.82, 2.24) is 5.32 Å². The van der Waals surface area contributed by atoms with Crippen LogP contribution < -0.4 is 5.32 Å². The van der Waals surface area contributed by atoms with E-state index in [4.69, 9.17) is 5.11 Å². The third-order valence-corrected chi connectivity index (χ3v) is 2.11. The van der Waals surface area contributed by atoms with E-state index in [1.807, 2.05) is 28.5 Å². The van der Waals surface area contributed by atoms with E-state index in [-0.39, 0.29) is 0 Å². The van der Waals surface area contributed by atoms with Gasteiger partial charge < -0.3 is 15.2 Å². The second-order valence-electron chi connectivity index (χ2n) is 2.82. The summed E-state index contributed by atoms with van der Waals surface area (Å²) in [4.78, 5) is 20.3. The third-order valence-electron chi connectivity index (χ3n) is 1.34. The first-order chi connectivity index (χ1) is 9.08. The molecule has 0 rings (SSSR count). The van der Waals surface area contributed by atoms with Crippen LogP contribution in [0.3, 0.4) is 0 Å². The Morgan fingerprint density at radius 1 is 1.26 bits per heavy atom. The molecule has 0 aromatic rings. The monoisotopic (exact) mass is 491 g/mol. The predicted molar refractivity (Wildman–Crippen MR) is 90.4 cm³/mol. The lowest BCUT2D eigenvalue weighted by Crippen LogP contribution is -2.23. The van der Waals surface area contributed by atoms with Crippen LogP contribution in [-0.2, 0) is 9.53 Å². The van der Waals surface area contributed by atoms with E-state index in [0.29, 0.717) is 15.4 Å². The molecule has 0 aliphatic heterocycles. The summed E-state index contributed by atoms with van der Waals surface area (Å²) in [6.07, 6.45) is 3.86. The quantitative estimate of drug-likeness (QED) is 0.276. The Bertz CT molecular complexity index is 377. The summed E-state index contributed by atoms with van der Waals surface area (Å²) in [5, 5.41) is 10.4. The molecule has 0 aromatic heterocycles. The average molecular weight is 491 g/mol. The maximum atomic E-state index is 10.8. The van der Waals surface area contributed by atoms with Crippen LogP contribution in [0.2, 0.25) is 0 Å². The van der Waals surface area contributed by atoms with Crippen LogP contribution in [0.25, 0.3) is 0 Å². The molecule has 0 unspecified atom stereocenters. The van der Waals surface area contributed by atoms with Crippen molar-refractivity contribution in [2.45, 2.75) is 19.8 Å². The molecule has 0 saturated heterocycles. The van der Waals surface area contributed by atoms with Gasteiger partial charge in [-0.25, -0.2) is 9.59 Å². The zero-order valence-corrected chi connectivity index (χ0v) is 14.8. The maximum Gasteiger partial charge on any atom is 0.421 e. The van der Waals surface area contributed by atoms with Gasteiger partial charge in [-0.3, -0.25) is 0 Å². The number of alkyl halides is 2. The SMILES string of the molecule is CCCCNC(=O)OC#CCI.O=C(O)C#CCI. The number of amides is 1. The lowest BCUT2D eigenvalue weighted by molar-refractivity contribution is -0.130. The van der Waals surface area contributed by atoms with E-state index >= 15 is 0 Å². The highest BCUT2D eigenvalue weighted by Crippen LogP contribution is 1.83. The maximum absolute atomic E-state index is 10.8. The van der Waals surface area contributed by atoms with Crippen molar-refractivity contribution in [2.24, 2.45) is 0 Å². The molecule has 0 saturated carbocycles. The van der Waals surface area contributed by atoms with Gasteiger partial charge in [-0.05, 0) is 12.3 Å². The van der Waals surface area contributed by atoms with Gasteiger partial charge in [0.05, 0.1) is 8.86 Å². The lowest BCUT2D eigenvalue weighted by Gasteiger charge is -1.98. The van der Waals surface area contributed by atoms with Gasteiger partial charge in [-0.15, -0.1) is 0 Å². The van der Waals surface area contributed by atoms with Crippen molar-refractivity contribution in [3.63, 3.8) is 0 Å². The largest absolute Gasteiger partial charge is 0.472 e. The minimum atomic E-state index is -1.06. The number of carboxylic acid groups (broad SMARTS) is 1. The van der Waals surface area contributed by atoms with Gasteiger partial charge in [0.25, 0.3) is 0 Å². The van der Waals surface area contributed by atoms with Gasteiger partial charge in [0.1, 0.15) is 6.11 Å². The predicted octanol–water partition coefficient (Wildman–Crippen LogP) is 2.42. The Hall–Kier alpha value is -0.680. The zero-order chi connectivity index (χ0) is 14.9. The first-order valence-corrected chi connectivity index (χ1v) is 8.39. The smallest absolute Gasteiger partial charge is 0.421 e. The zero-order valence-electron chi connectivity index (χ0n) is 10.5. The minimum Gasteiger partial charge on any atom is -0.472 e. The van der Waals surface area contributed by atoms with Crippen LogP contribution in [0.5, 0.6) is 0 Å². The summed E-state index contributed by atoms with van der Waals surface area (Å²) in [5.74, 6) is 5.90. The highest BCUT2D eigenvalue weighted by Gasteiger charge is 1.96. The number of hydrogen-bond donors (Lipinski definition) is 2. The second-order valence-corrected chi connectivity index (χ2v) is 4.35. The summed E-state index contributed by atoms with van der Waals surface area (Å²) in [5.41, 5.74) is 0. The number of carbonyl (C=O) groups excluding carboxylic acids is 1. The van der Waals surface area contributed by atoms with Crippen molar-refractivity contribution in [3.8, 4) is 23.9 Å². The van der Waals surface area contributed by atoms with E-state index < -0.39 is 12.1 Å². The van der Waals surface area contributed by atoms with Crippen LogP contribution in [0.1, 0.15) is 19.8 Å². The third kappa shape index (κ3) is 22.9. The fourth-order valence-electron chi connectivity index (χ4n) is 0.622. The van der Waals surface area contributed by atoms with E-state index in [1.54, 1.807) is 0 Å². The number of alkyl carbamates (subject to hydrolysis) is 1. The Kier molecular flexibility index (Phi) is 18.8. The number of nitrogens with one attached hydrogen (secondary N) is 1. The summed E-state index contributed by atoms with van der Waals surface area (Å²) < 4.78 is 5.75. The molecule has 0 bridgehead atoms. The molecule has 7 heteroatoms. The van der Waals surface area contributed by atoms with Crippen molar-refractivity contribution in [3.05, 3.63) is 0 Å². The van der Waals surface area contributed by atoms with Crippen LogP contribution in [0.15, 0.2) is 0 Å². The molecule has 0 heterocycles. The van der Waals surface area contributed by atoms with E-state index in [0.717, 1.165) is 12.8 Å². The second kappa shape index (κ2) is 17.3. The van der Waals surface area contributed by atoms with Gasteiger partial charge in [-0.1, -0.05) is 64.4 Å². The normalized spacial score (nSPS) is 7.53. The Labute approximate surface area is 140 Å². The first-order valence-electron chi connectivity index (χ1n) is 5.34. The first kappa shape index (κ1) is 20.6. The van der Waals surface area contributed by atoms with Crippen molar-refractivity contribution in [2.75, 3.05) is 15.4 Å². The molecule has 0 atom stereocenters. The molecule has 0 aromatic carbocycles. The highest BCUT2D eigenvalue weighted by atomic mass is 127. The summed E-state index contributed by atoms with van der Waals surface area (Å²) in [7, 11) is 0. The molecule has 0 fully saturated rings. The molecule has 0 aliphatic carbocycles. The molecule has 5 nitrogen and oxygen atoms in total. The number of carbonyl (C=O) groups is 2. The van der Waals surface area contributed by atoms with E-state index in [1.165, 1.54) is 0 Å². The summed E-state index contributed by atoms with van der Waals surface area (Å²) in [6.45, 7) is 2.71. The molecule has 2 N–H and O–H groups in total. The Balaban J connectivity index is 0. The molecule has 0 spiro atoms. The number of unbranched alkanes of at least 4 members (excludes halogenated alkanes) is 1. The molecule has 0 aliphatic rings. The number of aliphatic carboxylic acids is 1.